The maximum atomic E-state index is 13.3. The van der Waals surface area contributed by atoms with Crippen molar-refractivity contribution in [1.82, 2.24) is 0 Å². The molecule has 0 radical (unpaired) electrons. The molecule has 1 aromatic rings. The van der Waals surface area contributed by atoms with E-state index in [0.29, 0.717) is 6.04 Å². The van der Waals surface area contributed by atoms with Crippen LogP contribution < -0.4 is 5.32 Å². The maximum Gasteiger partial charge on any atom is 0.128 e. The van der Waals surface area contributed by atoms with E-state index < -0.39 is 0 Å². The summed E-state index contributed by atoms with van der Waals surface area (Å²) < 4.78 is 13.3. The Hall–Kier alpha value is -1.05. The third-order valence-corrected chi connectivity index (χ3v) is 3.07. The minimum atomic E-state index is -0.0480. The van der Waals surface area contributed by atoms with Crippen molar-refractivity contribution < 1.29 is 4.39 Å². The molecule has 0 amide bonds. The van der Waals surface area contributed by atoms with Gasteiger partial charge in [0.2, 0.25) is 0 Å². The van der Waals surface area contributed by atoms with Gasteiger partial charge in [0.15, 0.2) is 0 Å². The zero-order valence-corrected chi connectivity index (χ0v) is 7.39. The van der Waals surface area contributed by atoms with Gasteiger partial charge in [-0.05, 0) is 37.3 Å². The molecule has 0 aromatic heterocycles. The van der Waals surface area contributed by atoms with Gasteiger partial charge in [-0.25, -0.2) is 4.39 Å². The Labute approximate surface area is 77.0 Å². The van der Waals surface area contributed by atoms with E-state index in [0.717, 1.165) is 23.6 Å². The van der Waals surface area contributed by atoms with E-state index in [9.17, 15) is 4.39 Å². The van der Waals surface area contributed by atoms with Crippen molar-refractivity contribution >= 4 is 5.69 Å². The summed E-state index contributed by atoms with van der Waals surface area (Å²) in [5.41, 5.74) is 1.90. The predicted octanol–water partition coefficient (Wildman–Crippen LogP) is 2.57. The van der Waals surface area contributed by atoms with E-state index in [4.69, 9.17) is 0 Å². The standard InChI is InChI=1S/C11H12FN/c12-9-2-1-3-10-8(9)6-11(13-10)7-4-5-7/h1-3,7,11,13H,4-6H2. The molecular formula is C11H12FN. The lowest BCUT2D eigenvalue weighted by molar-refractivity contribution is 0.596. The van der Waals surface area contributed by atoms with Crippen LogP contribution >= 0.6 is 0 Å². The molecule has 1 N–H and O–H groups in total. The molecule has 1 fully saturated rings. The van der Waals surface area contributed by atoms with Gasteiger partial charge in [0.25, 0.3) is 0 Å². The van der Waals surface area contributed by atoms with Gasteiger partial charge in [0, 0.05) is 17.3 Å². The van der Waals surface area contributed by atoms with Gasteiger partial charge in [-0.3, -0.25) is 0 Å². The third kappa shape index (κ3) is 1.12. The van der Waals surface area contributed by atoms with Gasteiger partial charge in [-0.1, -0.05) is 6.07 Å². The van der Waals surface area contributed by atoms with Crippen molar-refractivity contribution in [2.24, 2.45) is 5.92 Å². The second kappa shape index (κ2) is 2.47. The molecular weight excluding hydrogens is 165 g/mol. The minimum Gasteiger partial charge on any atom is -0.381 e. The average molecular weight is 177 g/mol. The molecule has 0 spiro atoms. The summed E-state index contributed by atoms with van der Waals surface area (Å²) in [5.74, 6) is 0.750. The topological polar surface area (TPSA) is 12.0 Å². The average Bonchev–Trinajstić information content (AvgIpc) is 2.87. The van der Waals surface area contributed by atoms with Gasteiger partial charge in [0.1, 0.15) is 5.82 Å². The number of halogens is 1. The van der Waals surface area contributed by atoms with Gasteiger partial charge in [-0.15, -0.1) is 0 Å². The number of anilines is 1. The third-order valence-electron chi connectivity index (χ3n) is 3.07. The number of hydrogen-bond acceptors (Lipinski definition) is 1. The monoisotopic (exact) mass is 177 g/mol. The molecule has 1 aliphatic heterocycles. The highest BCUT2D eigenvalue weighted by Gasteiger charge is 2.35. The summed E-state index contributed by atoms with van der Waals surface area (Å²) >= 11 is 0. The molecule has 68 valence electrons. The Balaban J connectivity index is 1.94. The first-order valence-electron chi connectivity index (χ1n) is 4.88. The SMILES string of the molecule is Fc1cccc2c1CC(C1CC1)N2. The lowest BCUT2D eigenvalue weighted by atomic mass is 10.1. The van der Waals surface area contributed by atoms with Crippen LogP contribution in [0.1, 0.15) is 18.4 Å². The van der Waals surface area contributed by atoms with E-state index in [1.807, 2.05) is 6.07 Å². The molecule has 1 aromatic carbocycles. The Kier molecular flexibility index (Phi) is 1.40. The van der Waals surface area contributed by atoms with E-state index in [1.165, 1.54) is 12.8 Å². The summed E-state index contributed by atoms with van der Waals surface area (Å²) in [6.07, 6.45) is 3.51. The number of hydrogen-bond donors (Lipinski definition) is 1. The fourth-order valence-corrected chi connectivity index (χ4v) is 2.16. The molecule has 1 atom stereocenters. The van der Waals surface area contributed by atoms with Crippen molar-refractivity contribution in [3.63, 3.8) is 0 Å². The van der Waals surface area contributed by atoms with Crippen LogP contribution in [0.25, 0.3) is 0 Å². The van der Waals surface area contributed by atoms with Crippen LogP contribution in [0.4, 0.5) is 10.1 Å². The molecule has 1 nitrogen and oxygen atoms in total. The van der Waals surface area contributed by atoms with Crippen LogP contribution in [0.2, 0.25) is 0 Å². The molecule has 3 rings (SSSR count). The summed E-state index contributed by atoms with van der Waals surface area (Å²) in [6.45, 7) is 0. The first kappa shape index (κ1) is 7.36. The van der Waals surface area contributed by atoms with Crippen molar-refractivity contribution in [2.45, 2.75) is 25.3 Å². The van der Waals surface area contributed by atoms with Crippen molar-refractivity contribution in [3.8, 4) is 0 Å². The molecule has 0 saturated heterocycles. The molecule has 2 aliphatic rings. The molecule has 2 heteroatoms. The quantitative estimate of drug-likeness (QED) is 0.695. The molecule has 1 saturated carbocycles. The molecule has 1 heterocycles. The Morgan fingerprint density at radius 3 is 2.85 bits per heavy atom. The highest BCUT2D eigenvalue weighted by atomic mass is 19.1. The highest BCUT2D eigenvalue weighted by molar-refractivity contribution is 5.57. The van der Waals surface area contributed by atoms with Crippen LogP contribution in [-0.4, -0.2) is 6.04 Å². The first-order valence-corrected chi connectivity index (χ1v) is 4.88. The lowest BCUT2D eigenvalue weighted by Crippen LogP contribution is -2.17. The first-order chi connectivity index (χ1) is 6.34. The van der Waals surface area contributed by atoms with E-state index in [1.54, 1.807) is 12.1 Å². The largest absolute Gasteiger partial charge is 0.381 e. The van der Waals surface area contributed by atoms with Gasteiger partial charge in [0.05, 0.1) is 0 Å². The van der Waals surface area contributed by atoms with Gasteiger partial charge in [-0.2, -0.15) is 0 Å². The predicted molar refractivity (Wildman–Crippen MR) is 50.2 cm³/mol. The van der Waals surface area contributed by atoms with Crippen LogP contribution in [0.5, 0.6) is 0 Å². The van der Waals surface area contributed by atoms with Crippen LogP contribution in [0.3, 0.4) is 0 Å². The van der Waals surface area contributed by atoms with E-state index >= 15 is 0 Å². The fourth-order valence-electron chi connectivity index (χ4n) is 2.16. The van der Waals surface area contributed by atoms with E-state index in [-0.39, 0.29) is 5.82 Å². The summed E-state index contributed by atoms with van der Waals surface area (Å²) in [6, 6.07) is 5.81. The van der Waals surface area contributed by atoms with Gasteiger partial charge >= 0.3 is 0 Å². The summed E-state index contributed by atoms with van der Waals surface area (Å²) in [5, 5.41) is 3.40. The summed E-state index contributed by atoms with van der Waals surface area (Å²) in [7, 11) is 0. The van der Waals surface area contributed by atoms with Crippen molar-refractivity contribution in [1.29, 1.82) is 0 Å². The maximum absolute atomic E-state index is 13.3. The summed E-state index contributed by atoms with van der Waals surface area (Å²) in [4.78, 5) is 0. The Morgan fingerprint density at radius 2 is 2.15 bits per heavy atom. The number of nitrogens with one attached hydrogen (secondary N) is 1. The van der Waals surface area contributed by atoms with E-state index in [2.05, 4.69) is 5.32 Å². The molecule has 1 aliphatic carbocycles. The van der Waals surface area contributed by atoms with Crippen LogP contribution in [-0.2, 0) is 6.42 Å². The van der Waals surface area contributed by atoms with Gasteiger partial charge < -0.3 is 5.32 Å². The van der Waals surface area contributed by atoms with Crippen LogP contribution in [0.15, 0.2) is 18.2 Å². The molecule has 0 bridgehead atoms. The lowest BCUT2D eigenvalue weighted by Gasteiger charge is -2.07. The number of fused-ring (bicyclic) bond motifs is 1. The second-order valence-electron chi connectivity index (χ2n) is 4.06. The fraction of sp³-hybridized carbons (Fsp3) is 0.455. The number of benzene rings is 1. The minimum absolute atomic E-state index is 0.0480. The van der Waals surface area contributed by atoms with Crippen LogP contribution in [0, 0.1) is 11.7 Å². The molecule has 1 unspecified atom stereocenters. The normalized spacial score (nSPS) is 25.5. The second-order valence-corrected chi connectivity index (χ2v) is 4.06. The van der Waals surface area contributed by atoms with Crippen molar-refractivity contribution in [3.05, 3.63) is 29.6 Å². The zero-order chi connectivity index (χ0) is 8.84. The smallest absolute Gasteiger partial charge is 0.128 e. The highest BCUT2D eigenvalue weighted by Crippen LogP contribution is 2.40. The molecule has 13 heavy (non-hydrogen) atoms. The number of rotatable bonds is 1. The Morgan fingerprint density at radius 1 is 1.31 bits per heavy atom. The Bertz CT molecular complexity index is 344. The van der Waals surface area contributed by atoms with Crippen molar-refractivity contribution in [2.75, 3.05) is 5.32 Å². The zero-order valence-electron chi connectivity index (χ0n) is 7.39.